The number of amides is 1. The number of carbonyl (C=O) groups excluding carboxylic acids is 1. The lowest BCUT2D eigenvalue weighted by Gasteiger charge is -2.10. The monoisotopic (exact) mass is 470 g/mol. The Morgan fingerprint density at radius 2 is 2.03 bits per heavy atom. The lowest BCUT2D eigenvalue weighted by Crippen LogP contribution is -2.16. The maximum atomic E-state index is 12.8. The van der Waals surface area contributed by atoms with Gasteiger partial charge in [0.1, 0.15) is 18.0 Å². The Bertz CT molecular complexity index is 1430. The molecular formula is C20H18N6O6S. The van der Waals surface area contributed by atoms with E-state index in [1.165, 1.54) is 11.7 Å². The van der Waals surface area contributed by atoms with E-state index >= 15 is 0 Å². The Hall–Kier alpha value is -4.07. The zero-order valence-electron chi connectivity index (χ0n) is 17.1. The summed E-state index contributed by atoms with van der Waals surface area (Å²) in [4.78, 5) is 36.3. The van der Waals surface area contributed by atoms with Gasteiger partial charge < -0.3 is 20.8 Å². The Morgan fingerprint density at radius 1 is 1.24 bits per heavy atom. The van der Waals surface area contributed by atoms with Crippen molar-refractivity contribution < 1.29 is 22.5 Å². The quantitative estimate of drug-likeness (QED) is 0.219. The number of benzene rings is 2. The highest BCUT2D eigenvalue weighted by Gasteiger charge is 2.21. The number of imidazole rings is 1. The lowest BCUT2D eigenvalue weighted by molar-refractivity contribution is 0.0997. The number of carbonyl (C=O) groups is 1. The number of para-hydroxylation sites is 2. The number of anilines is 1. The van der Waals surface area contributed by atoms with Crippen molar-refractivity contribution in [1.82, 2.24) is 19.5 Å². The molecule has 1 unspecified atom stereocenters. The van der Waals surface area contributed by atoms with Crippen LogP contribution in [0.25, 0.3) is 28.2 Å². The zero-order valence-corrected chi connectivity index (χ0v) is 18.0. The topological polar surface area (TPSA) is 174 Å². The number of hydrogen-bond donors (Lipinski definition) is 4. The first-order valence-corrected chi connectivity index (χ1v) is 10.5. The van der Waals surface area contributed by atoms with E-state index in [1.807, 2.05) is 0 Å². The molecule has 0 aliphatic carbocycles. The zero-order chi connectivity index (χ0) is 23.5. The number of ether oxygens (including phenoxy) is 1. The largest absolute Gasteiger partial charge is 0.495 e. The average Bonchev–Trinajstić information content (AvgIpc) is 3.13. The molecule has 0 saturated heterocycles. The van der Waals surface area contributed by atoms with Gasteiger partial charge in [0.05, 0.1) is 12.8 Å². The molecule has 13 heteroatoms. The van der Waals surface area contributed by atoms with Crippen molar-refractivity contribution in [1.29, 1.82) is 0 Å². The predicted octanol–water partition coefficient (Wildman–Crippen LogP) is 1.41. The molecule has 0 aliphatic heterocycles. The van der Waals surface area contributed by atoms with E-state index in [0.29, 0.717) is 22.7 Å². The van der Waals surface area contributed by atoms with Gasteiger partial charge in [-0.3, -0.25) is 9.35 Å². The van der Waals surface area contributed by atoms with Crippen LogP contribution >= 0.6 is 0 Å². The van der Waals surface area contributed by atoms with Gasteiger partial charge in [-0.25, -0.2) is 23.5 Å². The maximum Gasteiger partial charge on any atom is 0.332 e. The number of primary amides is 1. The minimum Gasteiger partial charge on any atom is -0.495 e. The summed E-state index contributed by atoms with van der Waals surface area (Å²) >= 11 is -2.41. The van der Waals surface area contributed by atoms with Gasteiger partial charge in [-0.1, -0.05) is 24.3 Å². The second kappa shape index (κ2) is 9.20. The second-order valence-electron chi connectivity index (χ2n) is 6.63. The first-order valence-electron chi connectivity index (χ1n) is 9.43. The number of methoxy groups -OCH3 is 1. The Kier molecular flexibility index (Phi) is 6.17. The van der Waals surface area contributed by atoms with E-state index in [-0.39, 0.29) is 29.4 Å². The van der Waals surface area contributed by atoms with E-state index in [4.69, 9.17) is 15.0 Å². The van der Waals surface area contributed by atoms with E-state index in [2.05, 4.69) is 24.5 Å². The number of hydrogen-bond acceptors (Lipinski definition) is 8. The summed E-state index contributed by atoms with van der Waals surface area (Å²) in [5.41, 5.74) is 6.52. The van der Waals surface area contributed by atoms with Gasteiger partial charge >= 0.3 is 17.1 Å². The maximum absolute atomic E-state index is 12.8. The van der Waals surface area contributed by atoms with Crippen molar-refractivity contribution in [3.05, 3.63) is 64.7 Å². The standard InChI is InChI=1S/C20H18N6O6S/c1-31-14-8-3-2-7-13(14)26-19-16(24-20(26)28)15(17(21)27)23-18(25-19)11-5-4-6-12(9-11)22-10-32-33(29)30/h2-9,22H,10H2,1H3,(H2,21,27)(H,24,28)(H,29,30). The highest BCUT2D eigenvalue weighted by molar-refractivity contribution is 7.74. The van der Waals surface area contributed by atoms with Crippen LogP contribution in [0.1, 0.15) is 10.5 Å². The number of nitrogens with two attached hydrogens (primary N) is 1. The molecule has 0 aliphatic rings. The number of aromatic amines is 1. The fourth-order valence-corrected chi connectivity index (χ4v) is 3.42. The van der Waals surface area contributed by atoms with Gasteiger partial charge in [0.2, 0.25) is 0 Å². The molecule has 1 amide bonds. The van der Waals surface area contributed by atoms with Crippen molar-refractivity contribution in [2.45, 2.75) is 0 Å². The lowest BCUT2D eigenvalue weighted by atomic mass is 10.2. The van der Waals surface area contributed by atoms with Gasteiger partial charge in [-0.15, -0.1) is 0 Å². The van der Waals surface area contributed by atoms with E-state index in [0.717, 1.165) is 0 Å². The van der Waals surface area contributed by atoms with Crippen molar-refractivity contribution in [3.8, 4) is 22.8 Å². The fraction of sp³-hybridized carbons (Fsp3) is 0.100. The van der Waals surface area contributed by atoms with E-state index in [1.54, 1.807) is 48.5 Å². The van der Waals surface area contributed by atoms with Crippen molar-refractivity contribution >= 4 is 34.1 Å². The van der Waals surface area contributed by atoms with Crippen LogP contribution in [0.4, 0.5) is 5.69 Å². The van der Waals surface area contributed by atoms with Gasteiger partial charge in [-0.05, 0) is 24.3 Å². The summed E-state index contributed by atoms with van der Waals surface area (Å²) < 4.78 is 30.6. The SMILES string of the molecule is COc1ccccc1-n1c(=O)[nH]c2c(C(N)=O)nc(-c3cccc(NCOS(=O)O)c3)nc21. The second-order valence-corrected chi connectivity index (χ2v) is 7.30. The summed E-state index contributed by atoms with van der Waals surface area (Å²) in [6.45, 7) is -0.218. The summed E-state index contributed by atoms with van der Waals surface area (Å²) in [5, 5.41) is 2.82. The molecular weight excluding hydrogens is 452 g/mol. The first kappa shape index (κ1) is 22.1. The van der Waals surface area contributed by atoms with Gasteiger partial charge in [-0.2, -0.15) is 4.21 Å². The minimum atomic E-state index is -2.41. The average molecular weight is 470 g/mol. The summed E-state index contributed by atoms with van der Waals surface area (Å²) in [7, 11) is 1.47. The van der Waals surface area contributed by atoms with Gasteiger partial charge in [0, 0.05) is 11.3 Å². The molecule has 0 radical (unpaired) electrons. The third-order valence-electron chi connectivity index (χ3n) is 4.65. The Morgan fingerprint density at radius 3 is 2.76 bits per heavy atom. The molecule has 2 aromatic carbocycles. The van der Waals surface area contributed by atoms with Crippen LogP contribution in [0.15, 0.2) is 53.3 Å². The summed E-state index contributed by atoms with van der Waals surface area (Å²) in [6, 6.07) is 13.6. The predicted molar refractivity (Wildman–Crippen MR) is 120 cm³/mol. The molecule has 4 aromatic rings. The van der Waals surface area contributed by atoms with Gasteiger partial charge in [0.15, 0.2) is 17.2 Å². The normalized spacial score (nSPS) is 11.9. The minimum absolute atomic E-state index is 0.0928. The molecule has 170 valence electrons. The molecule has 2 heterocycles. The smallest absolute Gasteiger partial charge is 0.332 e. The number of nitrogens with one attached hydrogen (secondary N) is 2. The van der Waals surface area contributed by atoms with Crippen LogP contribution in [-0.4, -0.2) is 48.0 Å². The number of aromatic nitrogens is 4. The number of H-pyrrole nitrogens is 1. The molecule has 12 nitrogen and oxygen atoms in total. The Balaban J connectivity index is 1.89. The summed E-state index contributed by atoms with van der Waals surface area (Å²) in [6.07, 6.45) is 0. The number of rotatable bonds is 8. The first-order chi connectivity index (χ1) is 15.9. The summed E-state index contributed by atoms with van der Waals surface area (Å²) in [5.74, 6) is -0.284. The van der Waals surface area contributed by atoms with Crippen molar-refractivity contribution in [3.63, 3.8) is 0 Å². The molecule has 2 aromatic heterocycles. The molecule has 0 saturated carbocycles. The third-order valence-corrected chi connectivity index (χ3v) is 4.97. The van der Waals surface area contributed by atoms with E-state index in [9.17, 15) is 13.8 Å². The van der Waals surface area contributed by atoms with Gasteiger partial charge in [0.25, 0.3) is 5.91 Å². The molecule has 0 spiro atoms. The van der Waals surface area contributed by atoms with Crippen molar-refractivity contribution in [2.24, 2.45) is 5.73 Å². The molecule has 5 N–H and O–H groups in total. The number of nitrogens with zero attached hydrogens (tertiary/aromatic N) is 3. The highest BCUT2D eigenvalue weighted by atomic mass is 32.2. The Labute approximate surface area is 188 Å². The molecule has 33 heavy (non-hydrogen) atoms. The van der Waals surface area contributed by atoms with Crippen molar-refractivity contribution in [2.75, 3.05) is 19.2 Å². The van der Waals surface area contributed by atoms with Crippen LogP contribution in [0, 0.1) is 0 Å². The van der Waals surface area contributed by atoms with Crippen LogP contribution in [-0.2, 0) is 15.5 Å². The van der Waals surface area contributed by atoms with E-state index < -0.39 is 23.0 Å². The van der Waals surface area contributed by atoms with Crippen LogP contribution < -0.4 is 21.5 Å². The highest BCUT2D eigenvalue weighted by Crippen LogP contribution is 2.27. The molecule has 0 fully saturated rings. The van der Waals surface area contributed by atoms with Crippen LogP contribution in [0.3, 0.4) is 0 Å². The molecule has 0 bridgehead atoms. The third kappa shape index (κ3) is 4.45. The fourth-order valence-electron chi connectivity index (χ4n) is 3.26. The van der Waals surface area contributed by atoms with Crippen LogP contribution in [0.2, 0.25) is 0 Å². The molecule has 1 atom stereocenters. The number of fused-ring (bicyclic) bond motifs is 1. The molecule has 4 rings (SSSR count). The van der Waals surface area contributed by atoms with Crippen LogP contribution in [0.5, 0.6) is 5.75 Å².